The molecule has 2 atom stereocenters. The Bertz CT molecular complexity index is 706. The van der Waals surface area contributed by atoms with Gasteiger partial charge in [-0.15, -0.1) is 0 Å². The first-order chi connectivity index (χ1) is 11.8. The Kier molecular flexibility index (Phi) is 5.82. The van der Waals surface area contributed by atoms with Gasteiger partial charge in [0.05, 0.1) is 6.04 Å². The first kappa shape index (κ1) is 18.5. The molecule has 1 fully saturated rings. The van der Waals surface area contributed by atoms with E-state index in [1.54, 1.807) is 13.8 Å². The summed E-state index contributed by atoms with van der Waals surface area (Å²) >= 11 is 0.883. The molecule has 1 saturated heterocycles. The lowest BCUT2D eigenvalue weighted by Gasteiger charge is -2.43. The fourth-order valence-electron chi connectivity index (χ4n) is 1.94. The molecule has 0 unspecified atom stereocenters. The van der Waals surface area contributed by atoms with E-state index in [-0.39, 0.29) is 23.3 Å². The van der Waals surface area contributed by atoms with Crippen molar-refractivity contribution in [1.82, 2.24) is 19.7 Å². The van der Waals surface area contributed by atoms with Crippen LogP contribution < -0.4 is 11.1 Å². The Labute approximate surface area is 145 Å². The van der Waals surface area contributed by atoms with E-state index < -0.39 is 36.5 Å². The number of aromatic nitrogens is 2. The maximum Gasteiger partial charge on any atom is 0.332 e. The fourth-order valence-corrected chi connectivity index (χ4v) is 2.37. The summed E-state index contributed by atoms with van der Waals surface area (Å²) in [5, 5.41) is 15.7. The quantitative estimate of drug-likeness (QED) is 0.282. The highest BCUT2D eigenvalue weighted by molar-refractivity contribution is 7.09. The minimum atomic E-state index is -1.22. The molecule has 4 N–H and O–H groups in total. The Balaban J connectivity index is 2.04. The van der Waals surface area contributed by atoms with Crippen molar-refractivity contribution in [3.63, 3.8) is 0 Å². The van der Waals surface area contributed by atoms with Gasteiger partial charge in [0.15, 0.2) is 11.7 Å². The van der Waals surface area contributed by atoms with Gasteiger partial charge >= 0.3 is 5.97 Å². The van der Waals surface area contributed by atoms with Crippen LogP contribution in [0.5, 0.6) is 0 Å². The lowest BCUT2D eigenvalue weighted by Crippen LogP contribution is -2.70. The summed E-state index contributed by atoms with van der Waals surface area (Å²) in [6.07, 6.45) is 0. The second kappa shape index (κ2) is 7.85. The molecule has 0 saturated carbocycles. The Morgan fingerprint density at radius 1 is 1.52 bits per heavy atom. The fraction of sp³-hybridized carbons (Fsp3) is 0.500. The number of anilines is 1. The molecule has 25 heavy (non-hydrogen) atoms. The highest BCUT2D eigenvalue weighted by Crippen LogP contribution is 2.20. The number of aliphatic carboxylic acids is 1. The molecular formula is C12H16N6O6S. The van der Waals surface area contributed by atoms with Crippen LogP contribution in [0.25, 0.3) is 0 Å². The minimum Gasteiger partial charge on any atom is -0.479 e. The Morgan fingerprint density at radius 2 is 2.24 bits per heavy atom. The Morgan fingerprint density at radius 3 is 2.76 bits per heavy atom. The molecule has 0 radical (unpaired) electrons. The number of carboxylic acid groups (broad SMARTS) is 1. The van der Waals surface area contributed by atoms with Crippen molar-refractivity contribution in [2.75, 3.05) is 18.9 Å². The van der Waals surface area contributed by atoms with E-state index in [4.69, 9.17) is 20.5 Å². The lowest BCUT2D eigenvalue weighted by atomic mass is 10.00. The molecule has 1 aromatic heterocycles. The van der Waals surface area contributed by atoms with Gasteiger partial charge in [0.2, 0.25) is 11.5 Å². The molecule has 0 spiro atoms. The van der Waals surface area contributed by atoms with Gasteiger partial charge in [-0.25, -0.2) is 9.86 Å². The maximum atomic E-state index is 12.4. The standard InChI is InChI=1S/C12H16N6O6S/c1-3-23-16-8(9-15-12(13)25-17-9)10(21)14-7-5(2)18(11(7)22)24-4-6(19)20/h5,7H,3-4H2,1-2H3,(H,14,21)(H,19,20)(H2,13,15,17)/t5-,7-/m0/s1. The zero-order valence-corrected chi connectivity index (χ0v) is 14.1. The van der Waals surface area contributed by atoms with Crippen LogP contribution in [0.3, 0.4) is 0 Å². The Hall–Kier alpha value is -2.80. The van der Waals surface area contributed by atoms with Gasteiger partial charge in [0.25, 0.3) is 11.8 Å². The van der Waals surface area contributed by atoms with Crippen LogP contribution in [0.2, 0.25) is 0 Å². The number of hydrogen-bond acceptors (Lipinski definition) is 10. The molecule has 2 amide bonds. The van der Waals surface area contributed by atoms with Gasteiger partial charge < -0.3 is 21.0 Å². The summed E-state index contributed by atoms with van der Waals surface area (Å²) in [4.78, 5) is 48.4. The number of oxime groups is 1. The summed E-state index contributed by atoms with van der Waals surface area (Å²) in [6, 6.07) is -1.46. The van der Waals surface area contributed by atoms with Crippen molar-refractivity contribution in [1.29, 1.82) is 0 Å². The van der Waals surface area contributed by atoms with Crippen molar-refractivity contribution >= 4 is 40.2 Å². The summed E-state index contributed by atoms with van der Waals surface area (Å²) in [7, 11) is 0. The normalized spacial score (nSPS) is 20.2. The van der Waals surface area contributed by atoms with Crippen molar-refractivity contribution in [2.24, 2.45) is 5.16 Å². The largest absolute Gasteiger partial charge is 0.479 e. The third kappa shape index (κ3) is 4.19. The monoisotopic (exact) mass is 372 g/mol. The van der Waals surface area contributed by atoms with Crippen molar-refractivity contribution in [3.05, 3.63) is 5.82 Å². The van der Waals surface area contributed by atoms with Crippen LogP contribution in [0.1, 0.15) is 19.7 Å². The van der Waals surface area contributed by atoms with Gasteiger partial charge in [0.1, 0.15) is 12.6 Å². The van der Waals surface area contributed by atoms with Gasteiger partial charge in [-0.05, 0) is 13.8 Å². The van der Waals surface area contributed by atoms with Crippen LogP contribution in [0, 0.1) is 0 Å². The zero-order chi connectivity index (χ0) is 18.6. The van der Waals surface area contributed by atoms with Gasteiger partial charge in [-0.3, -0.25) is 14.4 Å². The molecule has 13 heteroatoms. The van der Waals surface area contributed by atoms with Gasteiger partial charge in [-0.2, -0.15) is 9.36 Å². The van der Waals surface area contributed by atoms with Gasteiger partial charge in [-0.1, -0.05) is 5.16 Å². The maximum absolute atomic E-state index is 12.4. The molecule has 0 aromatic carbocycles. The van der Waals surface area contributed by atoms with Gasteiger partial charge in [0, 0.05) is 11.5 Å². The third-order valence-electron chi connectivity index (χ3n) is 3.10. The number of β-lactam (4-membered cyclic amide) rings is 1. The summed E-state index contributed by atoms with van der Waals surface area (Å²) in [5.74, 6) is -2.55. The number of hydrogen-bond donors (Lipinski definition) is 3. The molecular weight excluding hydrogens is 356 g/mol. The predicted octanol–water partition coefficient (Wildman–Crippen LogP) is -1.41. The molecule has 0 aliphatic carbocycles. The minimum absolute atomic E-state index is 0.0214. The van der Waals surface area contributed by atoms with E-state index in [0.717, 1.165) is 16.6 Å². The van der Waals surface area contributed by atoms with E-state index in [1.165, 1.54) is 0 Å². The number of hydroxylamine groups is 2. The lowest BCUT2D eigenvalue weighted by molar-refractivity contribution is -0.233. The van der Waals surface area contributed by atoms with E-state index in [2.05, 4.69) is 19.8 Å². The van der Waals surface area contributed by atoms with E-state index in [1.807, 2.05) is 0 Å². The number of rotatable bonds is 8. The molecule has 1 aliphatic heterocycles. The summed E-state index contributed by atoms with van der Waals surface area (Å²) in [5.41, 5.74) is 5.27. The van der Waals surface area contributed by atoms with Crippen LogP contribution in [-0.4, -0.2) is 68.3 Å². The van der Waals surface area contributed by atoms with Crippen molar-refractivity contribution in [2.45, 2.75) is 25.9 Å². The number of carbonyl (C=O) groups is 3. The van der Waals surface area contributed by atoms with Crippen molar-refractivity contribution in [3.8, 4) is 0 Å². The average Bonchev–Trinajstić information content (AvgIpc) is 2.99. The molecule has 0 bridgehead atoms. The van der Waals surface area contributed by atoms with E-state index in [0.29, 0.717) is 0 Å². The summed E-state index contributed by atoms with van der Waals surface area (Å²) in [6.45, 7) is 2.82. The van der Waals surface area contributed by atoms with Crippen LogP contribution >= 0.6 is 11.5 Å². The number of carbonyl (C=O) groups excluding carboxylic acids is 2. The topological polar surface area (TPSA) is 169 Å². The smallest absolute Gasteiger partial charge is 0.332 e. The highest BCUT2D eigenvalue weighted by atomic mass is 32.1. The summed E-state index contributed by atoms with van der Waals surface area (Å²) < 4.78 is 3.89. The first-order valence-corrected chi connectivity index (χ1v) is 7.90. The second-order valence-corrected chi connectivity index (χ2v) is 5.62. The average molecular weight is 372 g/mol. The zero-order valence-electron chi connectivity index (χ0n) is 13.3. The van der Waals surface area contributed by atoms with E-state index >= 15 is 0 Å². The molecule has 1 aliphatic rings. The third-order valence-corrected chi connectivity index (χ3v) is 3.65. The molecule has 2 heterocycles. The van der Waals surface area contributed by atoms with Crippen LogP contribution in [-0.2, 0) is 24.1 Å². The number of nitrogens with two attached hydrogens (primary N) is 1. The number of amides is 2. The number of nitrogen functional groups attached to an aromatic ring is 1. The highest BCUT2D eigenvalue weighted by Gasteiger charge is 2.47. The van der Waals surface area contributed by atoms with Crippen LogP contribution in [0.4, 0.5) is 5.13 Å². The number of carboxylic acids is 1. The van der Waals surface area contributed by atoms with Crippen molar-refractivity contribution < 1.29 is 29.2 Å². The SMILES string of the molecule is CCON=C(C(=O)N[C@@H]1C(=O)N(OCC(=O)O)[C@H]1C)c1nsc(N)n1. The molecule has 12 nitrogen and oxygen atoms in total. The molecule has 136 valence electrons. The first-order valence-electron chi connectivity index (χ1n) is 7.13. The molecule has 2 rings (SSSR count). The second-order valence-electron chi connectivity index (χ2n) is 4.84. The number of nitrogens with zero attached hydrogens (tertiary/aromatic N) is 4. The van der Waals surface area contributed by atoms with Crippen LogP contribution in [0.15, 0.2) is 5.16 Å². The molecule has 1 aromatic rings. The van der Waals surface area contributed by atoms with E-state index in [9.17, 15) is 14.4 Å². The number of nitrogens with one attached hydrogen (secondary N) is 1. The predicted molar refractivity (Wildman–Crippen MR) is 84.3 cm³/mol.